The molecule has 9 heteroatoms. The minimum absolute atomic E-state index is 0.0271. The third-order valence-electron chi connectivity index (χ3n) is 2.65. The minimum Gasteiger partial charge on any atom is -0.308 e. The number of anilines is 1. The highest BCUT2D eigenvalue weighted by atomic mass is 35.5. The lowest BCUT2D eigenvalue weighted by molar-refractivity contribution is -0.117. The Balaban J connectivity index is 2.33. The van der Waals surface area contributed by atoms with Crippen molar-refractivity contribution in [2.24, 2.45) is 5.14 Å². The SMILES string of the molecule is NS(=O)(=O)C1CC(=O)N(c2cnc(Cl)cc2Cl)C1. The first-order valence-corrected chi connectivity index (χ1v) is 7.28. The molecule has 1 saturated heterocycles. The lowest BCUT2D eigenvalue weighted by Crippen LogP contribution is -2.32. The van der Waals surface area contributed by atoms with Crippen molar-refractivity contribution in [3.8, 4) is 0 Å². The van der Waals surface area contributed by atoms with Crippen LogP contribution in [-0.4, -0.2) is 31.1 Å². The predicted octanol–water partition coefficient (Wildman–Crippen LogP) is 0.782. The predicted molar refractivity (Wildman–Crippen MR) is 68.1 cm³/mol. The first-order valence-electron chi connectivity index (χ1n) is 4.92. The number of primary sulfonamides is 1. The van der Waals surface area contributed by atoms with Crippen LogP contribution >= 0.6 is 23.2 Å². The van der Waals surface area contributed by atoms with E-state index in [0.29, 0.717) is 5.69 Å². The number of nitrogens with two attached hydrogens (primary N) is 1. The minimum atomic E-state index is -3.75. The molecule has 1 aliphatic heterocycles. The maximum atomic E-state index is 11.8. The largest absolute Gasteiger partial charge is 0.308 e. The molecule has 1 fully saturated rings. The van der Waals surface area contributed by atoms with Gasteiger partial charge in [0.1, 0.15) is 10.4 Å². The number of aromatic nitrogens is 1. The average Bonchev–Trinajstić information content (AvgIpc) is 2.60. The van der Waals surface area contributed by atoms with Crippen molar-refractivity contribution in [2.45, 2.75) is 11.7 Å². The number of sulfonamides is 1. The second kappa shape index (κ2) is 4.65. The fourth-order valence-corrected chi connectivity index (χ4v) is 2.93. The summed E-state index contributed by atoms with van der Waals surface area (Å²) in [5.41, 5.74) is 0.331. The zero-order valence-electron chi connectivity index (χ0n) is 9.01. The number of halogens is 2. The molecule has 6 nitrogen and oxygen atoms in total. The topological polar surface area (TPSA) is 93.4 Å². The Kier molecular flexibility index (Phi) is 3.50. The molecular weight excluding hydrogens is 301 g/mol. The van der Waals surface area contributed by atoms with E-state index in [1.165, 1.54) is 17.2 Å². The smallest absolute Gasteiger partial charge is 0.228 e. The fraction of sp³-hybridized carbons (Fsp3) is 0.333. The van der Waals surface area contributed by atoms with Crippen LogP contribution in [-0.2, 0) is 14.8 Å². The summed E-state index contributed by atoms with van der Waals surface area (Å²) in [5.74, 6) is -0.361. The molecule has 1 aliphatic rings. The standard InChI is InChI=1S/C9H9Cl2N3O3S/c10-6-2-8(11)13-3-7(6)14-4-5(1-9(14)15)18(12,16)17/h2-3,5H,1,4H2,(H2,12,16,17). The van der Waals surface area contributed by atoms with Crippen LogP contribution in [0, 0.1) is 0 Å². The number of pyridine rings is 1. The van der Waals surface area contributed by atoms with Crippen molar-refractivity contribution >= 4 is 44.8 Å². The third kappa shape index (κ3) is 2.59. The van der Waals surface area contributed by atoms with Gasteiger partial charge in [0.25, 0.3) is 0 Å². The summed E-state index contributed by atoms with van der Waals surface area (Å²) in [6.07, 6.45) is 1.17. The number of carbonyl (C=O) groups excluding carboxylic acids is 1. The van der Waals surface area contributed by atoms with Gasteiger partial charge in [-0.25, -0.2) is 18.5 Å². The van der Waals surface area contributed by atoms with Crippen molar-refractivity contribution in [1.82, 2.24) is 4.98 Å². The lowest BCUT2D eigenvalue weighted by Gasteiger charge is -2.17. The van der Waals surface area contributed by atoms with Gasteiger partial charge in [-0.15, -0.1) is 0 Å². The fourth-order valence-electron chi connectivity index (χ4n) is 1.73. The lowest BCUT2D eigenvalue weighted by atomic mass is 10.4. The van der Waals surface area contributed by atoms with E-state index in [4.69, 9.17) is 28.3 Å². The van der Waals surface area contributed by atoms with Crippen LogP contribution in [0.3, 0.4) is 0 Å². The van der Waals surface area contributed by atoms with Crippen LogP contribution in [0.15, 0.2) is 12.3 Å². The summed E-state index contributed by atoms with van der Waals surface area (Å²) in [6, 6.07) is 1.38. The first kappa shape index (κ1) is 13.5. The summed E-state index contributed by atoms with van der Waals surface area (Å²) in [4.78, 5) is 16.8. The average molecular weight is 310 g/mol. The molecule has 1 aromatic rings. The van der Waals surface area contributed by atoms with Crippen molar-refractivity contribution in [3.63, 3.8) is 0 Å². The normalized spacial score (nSPS) is 20.5. The van der Waals surface area contributed by atoms with Crippen molar-refractivity contribution in [2.75, 3.05) is 11.4 Å². The van der Waals surface area contributed by atoms with E-state index in [0.717, 1.165) is 0 Å². The molecule has 2 heterocycles. The molecule has 98 valence electrons. The van der Waals surface area contributed by atoms with E-state index in [1.54, 1.807) is 0 Å². The summed E-state index contributed by atoms with van der Waals surface area (Å²) in [7, 11) is -3.75. The molecule has 0 radical (unpaired) electrons. The molecule has 1 amide bonds. The third-order valence-corrected chi connectivity index (χ3v) is 4.40. The Morgan fingerprint density at radius 2 is 2.11 bits per heavy atom. The number of carbonyl (C=O) groups is 1. The highest BCUT2D eigenvalue weighted by Crippen LogP contribution is 2.31. The second-order valence-electron chi connectivity index (χ2n) is 3.88. The number of nitrogens with zero attached hydrogens (tertiary/aromatic N) is 2. The molecule has 0 bridgehead atoms. The van der Waals surface area contributed by atoms with Crippen molar-refractivity contribution in [1.29, 1.82) is 0 Å². The van der Waals surface area contributed by atoms with Gasteiger partial charge in [-0.1, -0.05) is 23.2 Å². The van der Waals surface area contributed by atoms with Crippen LogP contribution in [0.25, 0.3) is 0 Å². The van der Waals surface area contributed by atoms with Gasteiger partial charge >= 0.3 is 0 Å². The molecule has 2 rings (SSSR count). The Morgan fingerprint density at radius 3 is 2.61 bits per heavy atom. The van der Waals surface area contributed by atoms with Gasteiger partial charge in [0.05, 0.1) is 16.9 Å². The molecule has 18 heavy (non-hydrogen) atoms. The molecule has 0 spiro atoms. The first-order chi connectivity index (χ1) is 8.29. The van der Waals surface area contributed by atoms with Crippen LogP contribution in [0.5, 0.6) is 0 Å². The molecular formula is C9H9Cl2N3O3S. The summed E-state index contributed by atoms with van der Waals surface area (Å²) < 4.78 is 22.4. The van der Waals surface area contributed by atoms with E-state index in [2.05, 4.69) is 4.98 Å². The Morgan fingerprint density at radius 1 is 1.44 bits per heavy atom. The number of rotatable bonds is 2. The summed E-state index contributed by atoms with van der Waals surface area (Å²) >= 11 is 11.6. The Bertz CT molecular complexity index is 605. The van der Waals surface area contributed by atoms with Gasteiger partial charge in [0.2, 0.25) is 15.9 Å². The van der Waals surface area contributed by atoms with Crippen LogP contribution in [0.2, 0.25) is 10.2 Å². The number of hydrogen-bond acceptors (Lipinski definition) is 4. The van der Waals surface area contributed by atoms with E-state index in [9.17, 15) is 13.2 Å². The van der Waals surface area contributed by atoms with E-state index >= 15 is 0 Å². The Labute approximate surface area is 114 Å². The van der Waals surface area contributed by atoms with Gasteiger partial charge in [-0.2, -0.15) is 0 Å². The molecule has 1 unspecified atom stereocenters. The van der Waals surface area contributed by atoms with Crippen LogP contribution in [0.4, 0.5) is 5.69 Å². The second-order valence-corrected chi connectivity index (χ2v) is 6.52. The molecule has 0 aliphatic carbocycles. The quantitative estimate of drug-likeness (QED) is 0.817. The van der Waals surface area contributed by atoms with Gasteiger partial charge in [0, 0.05) is 13.0 Å². The van der Waals surface area contributed by atoms with Gasteiger partial charge < -0.3 is 4.90 Å². The maximum Gasteiger partial charge on any atom is 0.228 e. The van der Waals surface area contributed by atoms with Crippen molar-refractivity contribution in [3.05, 3.63) is 22.4 Å². The molecule has 0 aromatic carbocycles. The molecule has 0 saturated carbocycles. The zero-order valence-corrected chi connectivity index (χ0v) is 11.3. The Hall–Kier alpha value is -0.890. The maximum absolute atomic E-state index is 11.8. The number of amides is 1. The van der Waals surface area contributed by atoms with E-state index in [-0.39, 0.29) is 29.0 Å². The summed E-state index contributed by atoms with van der Waals surface area (Å²) in [5, 5.41) is 4.54. The number of hydrogen-bond donors (Lipinski definition) is 1. The highest BCUT2D eigenvalue weighted by Gasteiger charge is 2.37. The van der Waals surface area contributed by atoms with Crippen molar-refractivity contribution < 1.29 is 13.2 Å². The van der Waals surface area contributed by atoms with Gasteiger partial charge in [0.15, 0.2) is 0 Å². The van der Waals surface area contributed by atoms with E-state index in [1.807, 2.05) is 0 Å². The highest BCUT2D eigenvalue weighted by molar-refractivity contribution is 7.89. The molecule has 2 N–H and O–H groups in total. The molecule has 1 aromatic heterocycles. The monoisotopic (exact) mass is 309 g/mol. The van der Waals surface area contributed by atoms with E-state index < -0.39 is 15.3 Å². The molecule has 1 atom stereocenters. The summed E-state index contributed by atoms with van der Waals surface area (Å²) in [6.45, 7) is -0.0271. The van der Waals surface area contributed by atoms with Gasteiger partial charge in [-0.3, -0.25) is 4.79 Å². The van der Waals surface area contributed by atoms with Crippen LogP contribution in [0.1, 0.15) is 6.42 Å². The zero-order chi connectivity index (χ0) is 13.5. The van der Waals surface area contributed by atoms with Crippen LogP contribution < -0.4 is 10.0 Å². The van der Waals surface area contributed by atoms with Gasteiger partial charge in [-0.05, 0) is 6.07 Å².